The summed E-state index contributed by atoms with van der Waals surface area (Å²) in [7, 11) is -2.43. The Labute approximate surface area is 178 Å². The lowest BCUT2D eigenvalue weighted by Gasteiger charge is -2.16. The Morgan fingerprint density at radius 3 is 2.59 bits per heavy atom. The molecule has 0 spiro atoms. The van der Waals surface area contributed by atoms with Crippen molar-refractivity contribution in [3.8, 4) is 5.75 Å². The third kappa shape index (κ3) is 7.00. The number of thiophene rings is 1. The monoisotopic (exact) mass is 459 g/mol. The van der Waals surface area contributed by atoms with Crippen molar-refractivity contribution in [2.24, 2.45) is 0 Å². The number of sulfonamides is 1. The van der Waals surface area contributed by atoms with Crippen molar-refractivity contribution in [3.63, 3.8) is 0 Å². The van der Waals surface area contributed by atoms with E-state index in [0.29, 0.717) is 23.8 Å². The van der Waals surface area contributed by atoms with Crippen molar-refractivity contribution in [3.05, 3.63) is 46.3 Å². The summed E-state index contributed by atoms with van der Waals surface area (Å²) in [5, 5.41) is 2.26. The van der Waals surface area contributed by atoms with E-state index >= 15 is 0 Å². The van der Waals surface area contributed by atoms with Gasteiger partial charge in [-0.2, -0.15) is 4.31 Å². The van der Waals surface area contributed by atoms with Crippen LogP contribution in [0.3, 0.4) is 0 Å². The zero-order valence-corrected chi connectivity index (χ0v) is 18.4. The van der Waals surface area contributed by atoms with Crippen LogP contribution in [0.4, 0.5) is 0 Å². The molecule has 11 heteroatoms. The van der Waals surface area contributed by atoms with E-state index in [4.69, 9.17) is 16.3 Å². The minimum Gasteiger partial charge on any atom is -0.493 e. The highest BCUT2D eigenvalue weighted by molar-refractivity contribution is 7.91. The van der Waals surface area contributed by atoms with Gasteiger partial charge in [0.15, 0.2) is 0 Å². The summed E-state index contributed by atoms with van der Waals surface area (Å²) in [5.74, 6) is -0.356. The summed E-state index contributed by atoms with van der Waals surface area (Å²) < 4.78 is 31.2. The van der Waals surface area contributed by atoms with Gasteiger partial charge in [-0.15, -0.1) is 11.3 Å². The van der Waals surface area contributed by atoms with Crippen molar-refractivity contribution >= 4 is 44.8 Å². The van der Waals surface area contributed by atoms with Gasteiger partial charge in [0.2, 0.25) is 5.91 Å². The Hall–Kier alpha value is -2.14. The van der Waals surface area contributed by atoms with Gasteiger partial charge in [0.1, 0.15) is 9.96 Å². The van der Waals surface area contributed by atoms with Crippen LogP contribution in [-0.2, 0) is 19.6 Å². The summed E-state index contributed by atoms with van der Waals surface area (Å²) >= 11 is 6.95. The molecule has 1 aromatic carbocycles. The summed E-state index contributed by atoms with van der Waals surface area (Å²) in [5.41, 5.74) is 5.37. The summed E-state index contributed by atoms with van der Waals surface area (Å²) in [6.07, 6.45) is 0.576. The molecular formula is C18H22ClN3O5S2. The summed E-state index contributed by atoms with van der Waals surface area (Å²) in [4.78, 5) is 23.7. The molecule has 0 unspecified atom stereocenters. The number of ether oxygens (including phenoxy) is 1. The molecule has 2 rings (SSSR count). The minimum atomic E-state index is -3.73. The minimum absolute atomic E-state index is 0.135. The van der Waals surface area contributed by atoms with Crippen molar-refractivity contribution < 1.29 is 22.7 Å². The number of halogens is 1. The molecular weight excluding hydrogens is 438 g/mol. The van der Waals surface area contributed by atoms with Crippen LogP contribution in [0.1, 0.15) is 18.4 Å². The van der Waals surface area contributed by atoms with E-state index in [1.807, 2.05) is 6.92 Å². The van der Waals surface area contributed by atoms with Crippen LogP contribution in [0.25, 0.3) is 0 Å². The van der Waals surface area contributed by atoms with Gasteiger partial charge >= 0.3 is 0 Å². The molecule has 1 heterocycles. The van der Waals surface area contributed by atoms with E-state index in [1.165, 1.54) is 13.1 Å². The quantitative estimate of drug-likeness (QED) is 0.442. The highest BCUT2D eigenvalue weighted by atomic mass is 35.5. The predicted octanol–water partition coefficient (Wildman–Crippen LogP) is 2.34. The largest absolute Gasteiger partial charge is 0.493 e. The first kappa shape index (κ1) is 23.1. The van der Waals surface area contributed by atoms with Crippen LogP contribution in [0.2, 0.25) is 5.02 Å². The van der Waals surface area contributed by atoms with E-state index in [2.05, 4.69) is 10.9 Å². The second-order valence-corrected chi connectivity index (χ2v) is 9.81. The third-order valence-electron chi connectivity index (χ3n) is 3.81. The number of benzene rings is 1. The number of amides is 2. The molecule has 2 amide bonds. The number of carbonyl (C=O) groups is 2. The Morgan fingerprint density at radius 2 is 1.93 bits per heavy atom. The topological polar surface area (TPSA) is 105 Å². The van der Waals surface area contributed by atoms with Crippen LogP contribution < -0.4 is 15.6 Å². The molecule has 0 aliphatic carbocycles. The Bertz CT molecular complexity index is 948. The Kier molecular flexibility index (Phi) is 8.45. The zero-order chi connectivity index (χ0) is 21.4. The van der Waals surface area contributed by atoms with Crippen molar-refractivity contribution in [1.82, 2.24) is 15.2 Å². The first-order valence-corrected chi connectivity index (χ1v) is 11.4. The lowest BCUT2D eigenvalue weighted by molar-refractivity contribution is -0.129. The number of hydrazine groups is 1. The zero-order valence-electron chi connectivity index (χ0n) is 16.0. The molecule has 158 valence electrons. The van der Waals surface area contributed by atoms with E-state index < -0.39 is 28.4 Å². The van der Waals surface area contributed by atoms with Crippen LogP contribution in [-0.4, -0.2) is 44.7 Å². The predicted molar refractivity (Wildman–Crippen MR) is 111 cm³/mol. The van der Waals surface area contributed by atoms with Gasteiger partial charge in [0, 0.05) is 18.5 Å². The van der Waals surface area contributed by atoms with Crippen LogP contribution in [0.5, 0.6) is 5.75 Å². The molecule has 0 bridgehead atoms. The molecule has 0 atom stereocenters. The average Bonchev–Trinajstić information content (AvgIpc) is 3.20. The van der Waals surface area contributed by atoms with Gasteiger partial charge in [-0.1, -0.05) is 17.7 Å². The third-order valence-corrected chi connectivity index (χ3v) is 7.22. The molecule has 0 aliphatic rings. The number of likely N-dealkylation sites (N-methyl/N-ethyl adjacent to an activating group) is 1. The van der Waals surface area contributed by atoms with E-state index in [0.717, 1.165) is 21.2 Å². The van der Waals surface area contributed by atoms with Gasteiger partial charge in [0.05, 0.1) is 13.2 Å². The Balaban J connectivity index is 1.67. The second kappa shape index (κ2) is 10.6. The van der Waals surface area contributed by atoms with Gasteiger partial charge in [-0.25, -0.2) is 8.42 Å². The lowest BCUT2D eigenvalue weighted by Crippen LogP contribution is -2.46. The van der Waals surface area contributed by atoms with Crippen LogP contribution in [0, 0.1) is 6.92 Å². The molecule has 0 aliphatic heterocycles. The van der Waals surface area contributed by atoms with Gasteiger partial charge in [-0.3, -0.25) is 20.4 Å². The number of hydrogen-bond donors (Lipinski definition) is 2. The van der Waals surface area contributed by atoms with Gasteiger partial charge < -0.3 is 4.74 Å². The normalized spacial score (nSPS) is 11.3. The first-order chi connectivity index (χ1) is 13.7. The highest BCUT2D eigenvalue weighted by Crippen LogP contribution is 2.22. The summed E-state index contributed by atoms with van der Waals surface area (Å²) in [6, 6.07) is 8.35. The maximum absolute atomic E-state index is 12.2. The van der Waals surface area contributed by atoms with Crippen molar-refractivity contribution in [1.29, 1.82) is 0 Å². The molecule has 2 N–H and O–H groups in total. The number of aryl methyl sites for hydroxylation is 1. The fourth-order valence-corrected chi connectivity index (χ4v) is 4.84. The maximum atomic E-state index is 12.2. The fourth-order valence-electron chi connectivity index (χ4n) is 2.28. The smallest absolute Gasteiger partial charge is 0.253 e. The van der Waals surface area contributed by atoms with Crippen LogP contribution in [0.15, 0.2) is 39.9 Å². The maximum Gasteiger partial charge on any atom is 0.253 e. The molecule has 2 aromatic rings. The molecule has 0 radical (unpaired) electrons. The number of carbonyl (C=O) groups excluding carboxylic acids is 2. The number of hydrogen-bond acceptors (Lipinski definition) is 6. The average molecular weight is 460 g/mol. The number of nitrogens with zero attached hydrogens (tertiary/aromatic N) is 1. The highest BCUT2D eigenvalue weighted by Gasteiger charge is 2.23. The number of nitrogens with one attached hydrogen (secondary N) is 2. The van der Waals surface area contributed by atoms with E-state index in [-0.39, 0.29) is 10.6 Å². The van der Waals surface area contributed by atoms with E-state index in [1.54, 1.807) is 29.6 Å². The van der Waals surface area contributed by atoms with E-state index in [9.17, 15) is 18.0 Å². The first-order valence-electron chi connectivity index (χ1n) is 8.66. The lowest BCUT2D eigenvalue weighted by atomic mass is 10.2. The van der Waals surface area contributed by atoms with Gasteiger partial charge in [-0.05, 0) is 48.6 Å². The number of rotatable bonds is 9. The molecule has 0 saturated carbocycles. The molecule has 0 fully saturated rings. The molecule has 29 heavy (non-hydrogen) atoms. The van der Waals surface area contributed by atoms with Crippen molar-refractivity contribution in [2.45, 2.75) is 24.0 Å². The Morgan fingerprint density at radius 1 is 1.21 bits per heavy atom. The molecule has 8 nitrogen and oxygen atoms in total. The standard InChI is InChI=1S/C18H22ClN3O5S2/c1-13-11-14(19)7-8-15(13)27-9-3-5-16(23)20-21-17(24)12-22(2)29(25,26)18-6-4-10-28-18/h4,6-8,10-11H,3,5,9,12H2,1-2H3,(H,20,23)(H,21,24). The fraction of sp³-hybridized carbons (Fsp3) is 0.333. The molecule has 0 saturated heterocycles. The second-order valence-electron chi connectivity index (χ2n) is 6.15. The molecule has 1 aromatic heterocycles. The van der Waals surface area contributed by atoms with Gasteiger partial charge in [0.25, 0.3) is 15.9 Å². The van der Waals surface area contributed by atoms with Crippen LogP contribution >= 0.6 is 22.9 Å². The SMILES string of the molecule is Cc1cc(Cl)ccc1OCCCC(=O)NNC(=O)CN(C)S(=O)(=O)c1cccs1. The summed E-state index contributed by atoms with van der Waals surface area (Å²) in [6.45, 7) is 1.78. The van der Waals surface area contributed by atoms with Crippen molar-refractivity contribution in [2.75, 3.05) is 20.2 Å².